The first-order valence-electron chi connectivity index (χ1n) is 9.71. The van der Waals surface area contributed by atoms with Crippen molar-refractivity contribution in [1.29, 1.82) is 0 Å². The lowest BCUT2D eigenvalue weighted by Crippen LogP contribution is -2.42. The van der Waals surface area contributed by atoms with Crippen LogP contribution in [0.25, 0.3) is 11.5 Å². The average Bonchev–Trinajstić information content (AvgIpc) is 3.14. The highest BCUT2D eigenvalue weighted by atomic mass is 16.5. The third-order valence-electron chi connectivity index (χ3n) is 5.15. The second-order valence-corrected chi connectivity index (χ2v) is 7.08. The molecule has 0 amide bonds. The van der Waals surface area contributed by atoms with Gasteiger partial charge in [0.15, 0.2) is 0 Å². The quantitative estimate of drug-likeness (QED) is 0.648. The van der Waals surface area contributed by atoms with Crippen LogP contribution >= 0.6 is 0 Å². The molecule has 1 N–H and O–H groups in total. The Morgan fingerprint density at radius 3 is 2.83 bits per heavy atom. The van der Waals surface area contributed by atoms with E-state index in [1.165, 1.54) is 7.11 Å². The molecule has 1 aliphatic rings. The van der Waals surface area contributed by atoms with Gasteiger partial charge in [-0.05, 0) is 48.7 Å². The van der Waals surface area contributed by atoms with E-state index < -0.39 is 0 Å². The molecular weight excluding hydrogens is 368 g/mol. The molecule has 0 radical (unpaired) electrons. The Kier molecular flexibility index (Phi) is 5.62. The van der Waals surface area contributed by atoms with E-state index in [9.17, 15) is 4.79 Å². The minimum Gasteiger partial charge on any atom is -0.493 e. The Morgan fingerprint density at radius 2 is 2.03 bits per heavy atom. The zero-order valence-electron chi connectivity index (χ0n) is 16.6. The number of esters is 1. The molecule has 6 nitrogen and oxygen atoms in total. The number of aromatic nitrogens is 1. The zero-order chi connectivity index (χ0) is 20.2. The van der Waals surface area contributed by atoms with Crippen molar-refractivity contribution >= 4 is 5.97 Å². The number of rotatable bonds is 6. The van der Waals surface area contributed by atoms with E-state index in [0.29, 0.717) is 31.9 Å². The molecule has 1 aromatic heterocycles. The predicted octanol–water partition coefficient (Wildman–Crippen LogP) is 3.46. The van der Waals surface area contributed by atoms with Crippen LogP contribution in [0.1, 0.15) is 22.6 Å². The van der Waals surface area contributed by atoms with Crippen molar-refractivity contribution in [2.24, 2.45) is 0 Å². The molecule has 1 aliphatic heterocycles. The lowest BCUT2D eigenvalue weighted by molar-refractivity contribution is -0.143. The van der Waals surface area contributed by atoms with Crippen molar-refractivity contribution in [3.05, 3.63) is 71.1 Å². The van der Waals surface area contributed by atoms with Crippen LogP contribution < -0.4 is 10.1 Å². The minimum absolute atomic E-state index is 0.228. The maximum atomic E-state index is 11.7. The molecule has 2 heterocycles. The largest absolute Gasteiger partial charge is 0.493 e. The molecule has 1 atom stereocenters. The molecule has 0 spiro atoms. The molecule has 0 fully saturated rings. The lowest BCUT2D eigenvalue weighted by atomic mass is 9.95. The van der Waals surface area contributed by atoms with E-state index >= 15 is 0 Å². The van der Waals surface area contributed by atoms with Gasteiger partial charge in [-0.2, -0.15) is 0 Å². The molecule has 4 rings (SSSR count). The molecule has 2 aromatic carbocycles. The molecule has 0 saturated heterocycles. The summed E-state index contributed by atoms with van der Waals surface area (Å²) in [6, 6.07) is 15.6. The normalized spacial score (nSPS) is 15.6. The Bertz CT molecular complexity index is 997. The molecule has 0 bridgehead atoms. The highest BCUT2D eigenvalue weighted by Gasteiger charge is 2.24. The van der Waals surface area contributed by atoms with Crippen LogP contribution in [-0.4, -0.2) is 30.7 Å². The fourth-order valence-corrected chi connectivity index (χ4v) is 3.52. The van der Waals surface area contributed by atoms with Crippen LogP contribution in [0, 0.1) is 6.92 Å². The van der Waals surface area contributed by atoms with Crippen LogP contribution in [0.2, 0.25) is 0 Å². The van der Waals surface area contributed by atoms with Crippen molar-refractivity contribution in [3.63, 3.8) is 0 Å². The molecular formula is C23H24N2O4. The fourth-order valence-electron chi connectivity index (χ4n) is 3.52. The summed E-state index contributed by atoms with van der Waals surface area (Å²) in [4.78, 5) is 16.3. The predicted molar refractivity (Wildman–Crippen MR) is 109 cm³/mol. The number of carbonyl (C=O) groups is 1. The van der Waals surface area contributed by atoms with Gasteiger partial charge < -0.3 is 19.2 Å². The van der Waals surface area contributed by atoms with Gasteiger partial charge in [-0.3, -0.25) is 4.79 Å². The van der Waals surface area contributed by atoms with Crippen molar-refractivity contribution < 1.29 is 18.7 Å². The number of benzene rings is 2. The minimum atomic E-state index is -0.284. The third-order valence-corrected chi connectivity index (χ3v) is 5.15. The molecule has 29 heavy (non-hydrogen) atoms. The lowest BCUT2D eigenvalue weighted by Gasteiger charge is -2.24. The third kappa shape index (κ3) is 4.32. The van der Waals surface area contributed by atoms with E-state index in [0.717, 1.165) is 33.9 Å². The summed E-state index contributed by atoms with van der Waals surface area (Å²) < 4.78 is 16.6. The Morgan fingerprint density at radius 1 is 1.21 bits per heavy atom. The van der Waals surface area contributed by atoms with E-state index in [1.807, 2.05) is 55.5 Å². The first-order valence-corrected chi connectivity index (χ1v) is 9.71. The van der Waals surface area contributed by atoms with Gasteiger partial charge >= 0.3 is 5.97 Å². The fraction of sp³-hybridized carbons (Fsp3) is 0.304. The first kappa shape index (κ1) is 19.2. The van der Waals surface area contributed by atoms with Gasteiger partial charge in [0.1, 0.15) is 17.6 Å². The van der Waals surface area contributed by atoms with Gasteiger partial charge in [-0.25, -0.2) is 4.98 Å². The summed E-state index contributed by atoms with van der Waals surface area (Å²) in [5.74, 6) is 2.04. The molecule has 3 aromatic rings. The number of oxazole rings is 1. The van der Waals surface area contributed by atoms with Gasteiger partial charge in [0, 0.05) is 18.5 Å². The zero-order valence-corrected chi connectivity index (χ0v) is 16.6. The number of methoxy groups -OCH3 is 1. The molecule has 6 heteroatoms. The summed E-state index contributed by atoms with van der Waals surface area (Å²) in [6.07, 6.45) is 1.30. The highest BCUT2D eigenvalue weighted by molar-refractivity contribution is 5.76. The van der Waals surface area contributed by atoms with Gasteiger partial charge in [-0.15, -0.1) is 0 Å². The Labute approximate surface area is 169 Å². The second kappa shape index (κ2) is 8.49. The van der Waals surface area contributed by atoms with Crippen molar-refractivity contribution in [1.82, 2.24) is 10.3 Å². The highest BCUT2D eigenvalue weighted by Crippen LogP contribution is 2.24. The van der Waals surface area contributed by atoms with Crippen molar-refractivity contribution in [2.75, 3.05) is 13.7 Å². The van der Waals surface area contributed by atoms with Gasteiger partial charge in [0.05, 0.1) is 19.4 Å². The van der Waals surface area contributed by atoms with Crippen LogP contribution in [0.15, 0.2) is 52.9 Å². The van der Waals surface area contributed by atoms with E-state index in [2.05, 4.69) is 10.3 Å². The van der Waals surface area contributed by atoms with Crippen LogP contribution in [-0.2, 0) is 28.9 Å². The number of hydrogen-bond donors (Lipinski definition) is 1. The second-order valence-electron chi connectivity index (χ2n) is 7.08. The summed E-state index contributed by atoms with van der Waals surface area (Å²) >= 11 is 0. The average molecular weight is 392 g/mol. The van der Waals surface area contributed by atoms with E-state index in [-0.39, 0.29) is 12.0 Å². The molecule has 150 valence electrons. The maximum absolute atomic E-state index is 11.7. The van der Waals surface area contributed by atoms with Crippen molar-refractivity contribution in [3.8, 4) is 17.2 Å². The van der Waals surface area contributed by atoms with Crippen LogP contribution in [0.3, 0.4) is 0 Å². The monoisotopic (exact) mass is 392 g/mol. The Balaban J connectivity index is 1.36. The van der Waals surface area contributed by atoms with Gasteiger partial charge in [0.25, 0.3) is 0 Å². The summed E-state index contributed by atoms with van der Waals surface area (Å²) in [6.45, 7) is 3.06. The SMILES string of the molecule is COC(=O)[C@@H]1Cc2ccc(OCCc3nc(-c4ccccc4)oc3C)cc2CN1. The summed E-state index contributed by atoms with van der Waals surface area (Å²) in [7, 11) is 1.41. The summed E-state index contributed by atoms with van der Waals surface area (Å²) in [5, 5.41) is 3.21. The maximum Gasteiger partial charge on any atom is 0.323 e. The number of nitrogens with one attached hydrogen (secondary N) is 1. The van der Waals surface area contributed by atoms with Crippen molar-refractivity contribution in [2.45, 2.75) is 32.4 Å². The number of ether oxygens (including phenoxy) is 2. The molecule has 0 aliphatic carbocycles. The number of nitrogens with zero attached hydrogens (tertiary/aromatic N) is 1. The number of hydrogen-bond acceptors (Lipinski definition) is 6. The topological polar surface area (TPSA) is 73.6 Å². The summed E-state index contributed by atoms with van der Waals surface area (Å²) in [5.41, 5.74) is 4.16. The standard InChI is InChI=1S/C23H24N2O4/c1-15-20(25-22(29-15)16-6-4-3-5-7-16)10-11-28-19-9-8-17-13-21(23(26)27-2)24-14-18(17)12-19/h3-9,12,21,24H,10-11,13-14H2,1-2H3/t21-/m0/s1. The number of aryl methyl sites for hydroxylation is 1. The van der Waals surface area contributed by atoms with E-state index in [4.69, 9.17) is 13.9 Å². The Hall–Kier alpha value is -3.12. The van der Waals surface area contributed by atoms with Crippen LogP contribution in [0.4, 0.5) is 0 Å². The number of fused-ring (bicyclic) bond motifs is 1. The number of carbonyl (C=O) groups excluding carboxylic acids is 1. The smallest absolute Gasteiger partial charge is 0.323 e. The molecule has 0 unspecified atom stereocenters. The van der Waals surface area contributed by atoms with Crippen LogP contribution in [0.5, 0.6) is 5.75 Å². The first-order chi connectivity index (χ1) is 14.1. The molecule has 0 saturated carbocycles. The van der Waals surface area contributed by atoms with Gasteiger partial charge in [0.2, 0.25) is 5.89 Å². The van der Waals surface area contributed by atoms with Gasteiger partial charge in [-0.1, -0.05) is 24.3 Å². The van der Waals surface area contributed by atoms with E-state index in [1.54, 1.807) is 0 Å².